The van der Waals surface area contributed by atoms with E-state index in [1.54, 1.807) is 0 Å². The molecule has 2 rings (SSSR count). The summed E-state index contributed by atoms with van der Waals surface area (Å²) in [7, 11) is 0. The van der Waals surface area contributed by atoms with Gasteiger partial charge in [0.15, 0.2) is 11.6 Å². The molecular weight excluding hydrogens is 203 g/mol. The zero-order valence-corrected chi connectivity index (χ0v) is 8.19. The summed E-state index contributed by atoms with van der Waals surface area (Å²) in [5.41, 5.74) is 5.69. The van der Waals surface area contributed by atoms with E-state index < -0.39 is 17.5 Å². The maximum atomic E-state index is 13.3. The van der Waals surface area contributed by atoms with Gasteiger partial charge in [0.05, 0.1) is 0 Å². The highest BCUT2D eigenvalue weighted by molar-refractivity contribution is 5.23. The molecule has 0 bridgehead atoms. The predicted molar refractivity (Wildman–Crippen MR) is 50.7 cm³/mol. The minimum absolute atomic E-state index is 0.0783. The number of rotatable bonds is 3. The average molecular weight is 215 g/mol. The van der Waals surface area contributed by atoms with E-state index >= 15 is 0 Å². The van der Waals surface area contributed by atoms with Gasteiger partial charge in [-0.3, -0.25) is 0 Å². The van der Waals surface area contributed by atoms with Crippen LogP contribution in [0.15, 0.2) is 12.1 Å². The molecule has 1 aliphatic carbocycles. The zero-order chi connectivity index (χ0) is 11.1. The monoisotopic (exact) mass is 215 g/mol. The molecule has 4 heteroatoms. The number of hydrogen-bond donors (Lipinski definition) is 1. The maximum absolute atomic E-state index is 13.3. The van der Waals surface area contributed by atoms with Crippen molar-refractivity contribution in [1.82, 2.24) is 0 Å². The molecule has 0 amide bonds. The van der Waals surface area contributed by atoms with E-state index in [-0.39, 0.29) is 11.0 Å². The predicted octanol–water partition coefficient (Wildman–Crippen LogP) is 2.39. The van der Waals surface area contributed by atoms with Crippen LogP contribution in [0.2, 0.25) is 0 Å². The van der Waals surface area contributed by atoms with Crippen molar-refractivity contribution in [3.63, 3.8) is 0 Å². The molecule has 0 aromatic heterocycles. The summed E-state index contributed by atoms with van der Waals surface area (Å²) in [6.07, 6.45) is 2.26. The zero-order valence-electron chi connectivity index (χ0n) is 8.19. The maximum Gasteiger partial charge on any atom is 0.161 e. The molecular formula is C11H12F3N. The Morgan fingerprint density at radius 3 is 2.20 bits per heavy atom. The van der Waals surface area contributed by atoms with E-state index in [1.807, 2.05) is 0 Å². The van der Waals surface area contributed by atoms with Crippen molar-refractivity contribution in [3.05, 3.63) is 35.1 Å². The van der Waals surface area contributed by atoms with Crippen LogP contribution in [-0.4, -0.2) is 6.54 Å². The van der Waals surface area contributed by atoms with Gasteiger partial charge in [-0.25, -0.2) is 13.2 Å². The first-order chi connectivity index (χ1) is 7.06. The fourth-order valence-electron chi connectivity index (χ4n) is 1.73. The molecule has 1 fully saturated rings. The lowest BCUT2D eigenvalue weighted by Gasteiger charge is -2.12. The number of benzene rings is 1. The van der Waals surface area contributed by atoms with Gasteiger partial charge in [0.1, 0.15) is 5.82 Å². The Bertz CT molecular complexity index is 386. The summed E-state index contributed by atoms with van der Waals surface area (Å²) >= 11 is 0. The van der Waals surface area contributed by atoms with Crippen molar-refractivity contribution >= 4 is 0 Å². The summed E-state index contributed by atoms with van der Waals surface area (Å²) in [4.78, 5) is 0. The Hall–Kier alpha value is -1.03. The van der Waals surface area contributed by atoms with Gasteiger partial charge in [-0.2, -0.15) is 0 Å². The molecule has 0 spiro atoms. The van der Waals surface area contributed by atoms with Crippen LogP contribution < -0.4 is 5.73 Å². The van der Waals surface area contributed by atoms with Gasteiger partial charge < -0.3 is 5.73 Å². The smallest absolute Gasteiger partial charge is 0.161 e. The van der Waals surface area contributed by atoms with Crippen LogP contribution in [-0.2, 0) is 6.42 Å². The second kappa shape index (κ2) is 3.52. The van der Waals surface area contributed by atoms with Gasteiger partial charge in [-0.05, 0) is 42.9 Å². The van der Waals surface area contributed by atoms with E-state index in [0.29, 0.717) is 19.0 Å². The van der Waals surface area contributed by atoms with Crippen molar-refractivity contribution in [1.29, 1.82) is 0 Å². The highest BCUT2D eigenvalue weighted by Gasteiger charge is 2.41. The molecule has 0 heterocycles. The standard InChI is InChI=1S/C11H12F3N/c12-8-4-10(14)9(13)3-7(8)5-11(6-15)1-2-11/h3-4H,1-2,5-6,15H2. The summed E-state index contributed by atoms with van der Waals surface area (Å²) < 4.78 is 38.8. The Morgan fingerprint density at radius 2 is 1.67 bits per heavy atom. The van der Waals surface area contributed by atoms with Crippen LogP contribution in [0.4, 0.5) is 13.2 Å². The van der Waals surface area contributed by atoms with Gasteiger partial charge in [0.2, 0.25) is 0 Å². The van der Waals surface area contributed by atoms with E-state index in [4.69, 9.17) is 5.73 Å². The molecule has 1 aromatic carbocycles. The molecule has 1 aliphatic rings. The second-order valence-corrected chi connectivity index (χ2v) is 4.24. The first-order valence-electron chi connectivity index (χ1n) is 4.90. The Labute approximate surface area is 86.1 Å². The lowest BCUT2D eigenvalue weighted by atomic mass is 9.96. The summed E-state index contributed by atoms with van der Waals surface area (Å²) in [5.74, 6) is -2.83. The van der Waals surface area contributed by atoms with Crippen LogP contribution in [0.5, 0.6) is 0 Å². The van der Waals surface area contributed by atoms with Crippen molar-refractivity contribution in [2.24, 2.45) is 11.1 Å². The molecule has 0 saturated heterocycles. The van der Waals surface area contributed by atoms with Crippen LogP contribution in [0.25, 0.3) is 0 Å². The van der Waals surface area contributed by atoms with E-state index in [0.717, 1.165) is 18.9 Å². The Morgan fingerprint density at radius 1 is 1.07 bits per heavy atom. The molecule has 15 heavy (non-hydrogen) atoms. The fourth-order valence-corrected chi connectivity index (χ4v) is 1.73. The topological polar surface area (TPSA) is 26.0 Å². The molecule has 0 unspecified atom stereocenters. The first kappa shape index (κ1) is 10.5. The van der Waals surface area contributed by atoms with Gasteiger partial charge in [0, 0.05) is 6.07 Å². The average Bonchev–Trinajstić information content (AvgIpc) is 2.95. The van der Waals surface area contributed by atoms with Gasteiger partial charge in [0.25, 0.3) is 0 Å². The van der Waals surface area contributed by atoms with E-state index in [2.05, 4.69) is 0 Å². The fraction of sp³-hybridized carbons (Fsp3) is 0.455. The molecule has 2 N–H and O–H groups in total. The van der Waals surface area contributed by atoms with Crippen molar-refractivity contribution in [2.75, 3.05) is 6.54 Å². The minimum Gasteiger partial charge on any atom is -0.330 e. The summed E-state index contributed by atoms with van der Waals surface area (Å²) in [6, 6.07) is 1.53. The summed E-state index contributed by atoms with van der Waals surface area (Å²) in [6.45, 7) is 0.464. The molecule has 0 aliphatic heterocycles. The number of hydrogen-bond acceptors (Lipinski definition) is 1. The van der Waals surface area contributed by atoms with E-state index in [9.17, 15) is 13.2 Å². The third-order valence-electron chi connectivity index (χ3n) is 3.04. The third-order valence-corrected chi connectivity index (χ3v) is 3.04. The van der Waals surface area contributed by atoms with Crippen LogP contribution >= 0.6 is 0 Å². The quantitative estimate of drug-likeness (QED) is 0.770. The van der Waals surface area contributed by atoms with Gasteiger partial charge in [-0.1, -0.05) is 0 Å². The van der Waals surface area contributed by atoms with E-state index in [1.165, 1.54) is 0 Å². The third kappa shape index (κ3) is 2.00. The molecule has 1 aromatic rings. The van der Waals surface area contributed by atoms with Crippen molar-refractivity contribution in [2.45, 2.75) is 19.3 Å². The molecule has 82 valence electrons. The lowest BCUT2D eigenvalue weighted by molar-refractivity contribution is 0.469. The highest BCUT2D eigenvalue weighted by atomic mass is 19.2. The van der Waals surface area contributed by atoms with Crippen LogP contribution in [0.3, 0.4) is 0 Å². The minimum atomic E-state index is -1.14. The largest absolute Gasteiger partial charge is 0.330 e. The van der Waals surface area contributed by atoms with Crippen LogP contribution in [0, 0.1) is 22.9 Å². The number of halogens is 3. The van der Waals surface area contributed by atoms with Crippen molar-refractivity contribution in [3.8, 4) is 0 Å². The lowest BCUT2D eigenvalue weighted by Crippen LogP contribution is -2.18. The number of nitrogens with two attached hydrogens (primary N) is 1. The summed E-state index contributed by atoms with van der Waals surface area (Å²) in [5, 5.41) is 0. The van der Waals surface area contributed by atoms with Crippen LogP contribution in [0.1, 0.15) is 18.4 Å². The highest BCUT2D eigenvalue weighted by Crippen LogP contribution is 2.47. The van der Waals surface area contributed by atoms with Gasteiger partial charge >= 0.3 is 0 Å². The first-order valence-corrected chi connectivity index (χ1v) is 4.90. The Kier molecular flexibility index (Phi) is 2.46. The molecule has 0 radical (unpaired) electrons. The second-order valence-electron chi connectivity index (χ2n) is 4.24. The molecule has 0 atom stereocenters. The van der Waals surface area contributed by atoms with Gasteiger partial charge in [-0.15, -0.1) is 0 Å². The normalized spacial score (nSPS) is 17.9. The SMILES string of the molecule is NCC1(Cc2cc(F)c(F)cc2F)CC1. The molecule has 1 nitrogen and oxygen atoms in total. The van der Waals surface area contributed by atoms with Crippen molar-refractivity contribution < 1.29 is 13.2 Å². The molecule has 1 saturated carbocycles. The Balaban J connectivity index is 2.25.